The Labute approximate surface area is 118 Å². The van der Waals surface area contributed by atoms with Crippen LogP contribution in [0.1, 0.15) is 39.3 Å². The molecule has 1 fully saturated rings. The second-order valence-electron chi connectivity index (χ2n) is 5.75. The van der Waals surface area contributed by atoms with Crippen molar-refractivity contribution in [3.63, 3.8) is 0 Å². The topological polar surface area (TPSA) is 54.5 Å². The molecule has 1 aliphatic rings. The molecule has 1 saturated heterocycles. The second-order valence-corrected chi connectivity index (χ2v) is 6.61. The summed E-state index contributed by atoms with van der Waals surface area (Å²) in [6.45, 7) is 8.68. The summed E-state index contributed by atoms with van der Waals surface area (Å²) in [4.78, 5) is 18.4. The molecule has 0 aromatic carbocycles. The van der Waals surface area contributed by atoms with Crippen molar-refractivity contribution in [1.82, 2.24) is 9.88 Å². The molecule has 2 rings (SSSR count). The Kier molecular flexibility index (Phi) is 4.42. The third-order valence-electron chi connectivity index (χ3n) is 2.74. The van der Waals surface area contributed by atoms with Crippen molar-refractivity contribution >= 4 is 22.6 Å². The van der Waals surface area contributed by atoms with Gasteiger partial charge < -0.3 is 4.74 Å². The zero-order chi connectivity index (χ0) is 13.9. The van der Waals surface area contributed by atoms with Crippen LogP contribution in [-0.2, 0) is 11.3 Å². The fourth-order valence-corrected chi connectivity index (χ4v) is 2.68. The van der Waals surface area contributed by atoms with Gasteiger partial charge in [0.05, 0.1) is 5.69 Å². The van der Waals surface area contributed by atoms with E-state index in [1.807, 2.05) is 26.2 Å². The van der Waals surface area contributed by atoms with Crippen LogP contribution in [-0.4, -0.2) is 34.7 Å². The van der Waals surface area contributed by atoms with Gasteiger partial charge in [-0.1, -0.05) is 0 Å². The molecule has 106 valence electrons. The molecule has 5 nitrogen and oxygen atoms in total. The van der Waals surface area contributed by atoms with Gasteiger partial charge in [0.2, 0.25) is 0 Å². The Hall–Kier alpha value is -1.14. The maximum Gasteiger partial charge on any atom is 0.413 e. The van der Waals surface area contributed by atoms with Crippen LogP contribution < -0.4 is 5.32 Å². The van der Waals surface area contributed by atoms with Crippen molar-refractivity contribution in [3.05, 3.63) is 11.1 Å². The van der Waals surface area contributed by atoms with E-state index >= 15 is 0 Å². The summed E-state index contributed by atoms with van der Waals surface area (Å²) in [6.07, 6.45) is 2.09. The van der Waals surface area contributed by atoms with E-state index in [2.05, 4.69) is 15.2 Å². The first-order chi connectivity index (χ1) is 8.92. The lowest BCUT2D eigenvalue weighted by atomic mass is 10.2. The van der Waals surface area contributed by atoms with Gasteiger partial charge in [0.25, 0.3) is 0 Å². The minimum atomic E-state index is -0.486. The Balaban J connectivity index is 1.84. The molecule has 1 N–H and O–H groups in total. The van der Waals surface area contributed by atoms with Crippen molar-refractivity contribution in [2.45, 2.75) is 45.8 Å². The van der Waals surface area contributed by atoms with E-state index in [0.29, 0.717) is 5.13 Å². The number of carbonyl (C=O) groups is 1. The number of likely N-dealkylation sites (tertiary alicyclic amines) is 1. The monoisotopic (exact) mass is 283 g/mol. The predicted molar refractivity (Wildman–Crippen MR) is 76.5 cm³/mol. The summed E-state index contributed by atoms with van der Waals surface area (Å²) >= 11 is 1.44. The average molecular weight is 283 g/mol. The molecule has 0 aliphatic carbocycles. The number of amides is 1. The van der Waals surface area contributed by atoms with Crippen LogP contribution >= 0.6 is 11.3 Å². The van der Waals surface area contributed by atoms with Crippen molar-refractivity contribution in [2.75, 3.05) is 18.4 Å². The lowest BCUT2D eigenvalue weighted by Crippen LogP contribution is -2.27. The van der Waals surface area contributed by atoms with Gasteiger partial charge in [-0.2, -0.15) is 0 Å². The summed E-state index contributed by atoms with van der Waals surface area (Å²) in [5.41, 5.74) is 0.526. The maximum atomic E-state index is 11.6. The molecule has 2 heterocycles. The highest BCUT2D eigenvalue weighted by molar-refractivity contribution is 7.13. The standard InChI is InChI=1S/C13H21N3O2S/c1-13(2,3)18-12(17)15-11-14-10(9-19-11)8-16-6-4-5-7-16/h9H,4-8H2,1-3H3,(H,14,15,17). The molecule has 1 amide bonds. The molecule has 0 saturated carbocycles. The van der Waals surface area contributed by atoms with Crippen molar-refractivity contribution in [3.8, 4) is 0 Å². The number of hydrogen-bond acceptors (Lipinski definition) is 5. The van der Waals surface area contributed by atoms with E-state index in [1.165, 1.54) is 24.2 Å². The van der Waals surface area contributed by atoms with E-state index in [1.54, 1.807) is 0 Å². The Morgan fingerprint density at radius 1 is 1.47 bits per heavy atom. The third kappa shape index (κ3) is 4.80. The quantitative estimate of drug-likeness (QED) is 0.926. The van der Waals surface area contributed by atoms with Gasteiger partial charge in [-0.15, -0.1) is 11.3 Å². The minimum absolute atomic E-state index is 0.449. The van der Waals surface area contributed by atoms with E-state index < -0.39 is 11.7 Å². The Morgan fingerprint density at radius 2 is 2.16 bits per heavy atom. The third-order valence-corrected chi connectivity index (χ3v) is 3.55. The number of ether oxygens (including phenoxy) is 1. The van der Waals surface area contributed by atoms with E-state index in [9.17, 15) is 4.79 Å². The first kappa shape index (κ1) is 14.3. The number of nitrogens with one attached hydrogen (secondary N) is 1. The zero-order valence-corrected chi connectivity index (χ0v) is 12.5. The SMILES string of the molecule is CC(C)(C)OC(=O)Nc1nc(CN2CCCC2)cs1. The zero-order valence-electron chi connectivity index (χ0n) is 11.7. The molecule has 19 heavy (non-hydrogen) atoms. The van der Waals surface area contributed by atoms with Crippen LogP contribution in [0.4, 0.5) is 9.93 Å². The van der Waals surface area contributed by atoms with Gasteiger partial charge in [-0.05, 0) is 46.7 Å². The molecule has 1 aliphatic heterocycles. The molecule has 0 radical (unpaired) electrons. The lowest BCUT2D eigenvalue weighted by Gasteiger charge is -2.18. The van der Waals surface area contributed by atoms with Crippen molar-refractivity contribution in [1.29, 1.82) is 0 Å². The molecule has 6 heteroatoms. The highest BCUT2D eigenvalue weighted by atomic mass is 32.1. The van der Waals surface area contributed by atoms with Gasteiger partial charge in [0.1, 0.15) is 5.60 Å². The molecule has 0 atom stereocenters. The summed E-state index contributed by atoms with van der Waals surface area (Å²) in [6, 6.07) is 0. The van der Waals surface area contributed by atoms with Crippen LogP contribution in [0.25, 0.3) is 0 Å². The smallest absolute Gasteiger partial charge is 0.413 e. The largest absolute Gasteiger partial charge is 0.444 e. The van der Waals surface area contributed by atoms with E-state index in [0.717, 1.165) is 25.3 Å². The first-order valence-electron chi connectivity index (χ1n) is 6.59. The van der Waals surface area contributed by atoms with E-state index in [4.69, 9.17) is 4.74 Å². The Morgan fingerprint density at radius 3 is 2.79 bits per heavy atom. The second kappa shape index (κ2) is 5.88. The fraction of sp³-hybridized carbons (Fsp3) is 0.692. The number of rotatable bonds is 3. The summed E-state index contributed by atoms with van der Waals surface area (Å²) in [5, 5.41) is 5.26. The number of anilines is 1. The van der Waals surface area contributed by atoms with Gasteiger partial charge in [-0.25, -0.2) is 9.78 Å². The molecule has 1 aromatic rings. The van der Waals surface area contributed by atoms with Crippen LogP contribution in [0.2, 0.25) is 0 Å². The van der Waals surface area contributed by atoms with Crippen LogP contribution in [0.15, 0.2) is 5.38 Å². The van der Waals surface area contributed by atoms with Crippen LogP contribution in [0, 0.1) is 0 Å². The molecule has 0 spiro atoms. The minimum Gasteiger partial charge on any atom is -0.444 e. The fourth-order valence-electron chi connectivity index (χ4n) is 2.00. The predicted octanol–water partition coefficient (Wildman–Crippen LogP) is 3.09. The number of hydrogen-bond donors (Lipinski definition) is 1. The molecular weight excluding hydrogens is 262 g/mol. The van der Waals surface area contributed by atoms with Crippen molar-refractivity contribution in [2.24, 2.45) is 0 Å². The highest BCUT2D eigenvalue weighted by Crippen LogP contribution is 2.19. The summed E-state index contributed by atoms with van der Waals surface area (Å²) in [7, 11) is 0. The lowest BCUT2D eigenvalue weighted by molar-refractivity contribution is 0.0636. The van der Waals surface area contributed by atoms with Gasteiger partial charge in [0.15, 0.2) is 5.13 Å². The Bertz CT molecular complexity index is 433. The van der Waals surface area contributed by atoms with Crippen LogP contribution in [0.3, 0.4) is 0 Å². The van der Waals surface area contributed by atoms with Gasteiger partial charge >= 0.3 is 6.09 Å². The highest BCUT2D eigenvalue weighted by Gasteiger charge is 2.18. The molecule has 0 bridgehead atoms. The van der Waals surface area contributed by atoms with Gasteiger partial charge in [-0.3, -0.25) is 10.2 Å². The van der Waals surface area contributed by atoms with Crippen molar-refractivity contribution < 1.29 is 9.53 Å². The number of thiazole rings is 1. The number of aromatic nitrogens is 1. The molecule has 0 unspecified atom stereocenters. The summed E-state index contributed by atoms with van der Waals surface area (Å²) < 4.78 is 5.19. The number of nitrogens with zero attached hydrogens (tertiary/aromatic N) is 2. The van der Waals surface area contributed by atoms with Crippen LogP contribution in [0.5, 0.6) is 0 Å². The first-order valence-corrected chi connectivity index (χ1v) is 7.47. The number of carbonyl (C=O) groups excluding carboxylic acids is 1. The molecular formula is C13H21N3O2S. The summed E-state index contributed by atoms with van der Waals surface area (Å²) in [5.74, 6) is 0. The normalized spacial score (nSPS) is 16.6. The van der Waals surface area contributed by atoms with Gasteiger partial charge in [0, 0.05) is 11.9 Å². The average Bonchev–Trinajstić information content (AvgIpc) is 2.88. The molecule has 1 aromatic heterocycles. The maximum absolute atomic E-state index is 11.6. The van der Waals surface area contributed by atoms with E-state index in [-0.39, 0.29) is 0 Å².